The van der Waals surface area contributed by atoms with Crippen LogP contribution in [0.25, 0.3) is 16.9 Å². The summed E-state index contributed by atoms with van der Waals surface area (Å²) in [5.74, 6) is 0.945. The molecule has 0 bridgehead atoms. The summed E-state index contributed by atoms with van der Waals surface area (Å²) >= 11 is 0. The van der Waals surface area contributed by atoms with Crippen LogP contribution in [0.5, 0.6) is 11.5 Å². The number of aromatic nitrogens is 5. The van der Waals surface area contributed by atoms with Gasteiger partial charge in [0.2, 0.25) is 10.0 Å². The summed E-state index contributed by atoms with van der Waals surface area (Å²) in [5.41, 5.74) is 1.37. The lowest BCUT2D eigenvalue weighted by Crippen LogP contribution is -2.49. The molecule has 0 aliphatic carbocycles. The summed E-state index contributed by atoms with van der Waals surface area (Å²) in [6.07, 6.45) is 1.39. The van der Waals surface area contributed by atoms with E-state index in [0.29, 0.717) is 47.3 Å². The maximum atomic E-state index is 13.7. The summed E-state index contributed by atoms with van der Waals surface area (Å²) < 4.78 is 53.5. The number of nitrogens with zero attached hydrogens (tertiary/aromatic N) is 7. The van der Waals surface area contributed by atoms with Crippen LogP contribution in [0.2, 0.25) is 0 Å². The van der Waals surface area contributed by atoms with Crippen molar-refractivity contribution in [2.24, 2.45) is 0 Å². The first-order valence-electron chi connectivity index (χ1n) is 10.7. The fourth-order valence-electron chi connectivity index (χ4n) is 4.02. The first-order chi connectivity index (χ1) is 16.9. The van der Waals surface area contributed by atoms with Crippen molar-refractivity contribution in [3.63, 3.8) is 0 Å². The van der Waals surface area contributed by atoms with Crippen molar-refractivity contribution < 1.29 is 22.3 Å². The Morgan fingerprint density at radius 1 is 0.943 bits per heavy atom. The van der Waals surface area contributed by atoms with Gasteiger partial charge in [-0.3, -0.25) is 0 Å². The van der Waals surface area contributed by atoms with Crippen molar-refractivity contribution in [3.05, 3.63) is 54.6 Å². The van der Waals surface area contributed by atoms with Crippen molar-refractivity contribution in [3.8, 4) is 17.2 Å². The lowest BCUT2D eigenvalue weighted by Gasteiger charge is -2.34. The van der Waals surface area contributed by atoms with E-state index in [9.17, 15) is 12.8 Å². The zero-order valence-electron chi connectivity index (χ0n) is 19.0. The van der Waals surface area contributed by atoms with Crippen molar-refractivity contribution in [1.29, 1.82) is 0 Å². The number of methoxy groups -OCH3 is 2. The summed E-state index contributed by atoms with van der Waals surface area (Å²) in [7, 11) is -0.783. The van der Waals surface area contributed by atoms with E-state index in [1.165, 1.54) is 53.8 Å². The third kappa shape index (κ3) is 4.12. The van der Waals surface area contributed by atoms with Gasteiger partial charge in [0.1, 0.15) is 12.1 Å². The van der Waals surface area contributed by atoms with Gasteiger partial charge in [0.05, 0.1) is 24.8 Å². The highest BCUT2D eigenvalue weighted by Crippen LogP contribution is 2.31. The molecule has 182 valence electrons. The highest BCUT2D eigenvalue weighted by molar-refractivity contribution is 7.89. The smallest absolute Gasteiger partial charge is 0.243 e. The fourth-order valence-corrected chi connectivity index (χ4v) is 5.45. The van der Waals surface area contributed by atoms with E-state index in [4.69, 9.17) is 9.47 Å². The average Bonchev–Trinajstić information content (AvgIpc) is 3.33. The van der Waals surface area contributed by atoms with E-state index in [1.54, 1.807) is 18.2 Å². The molecule has 0 radical (unpaired) electrons. The average molecular weight is 500 g/mol. The Kier molecular flexibility index (Phi) is 5.94. The van der Waals surface area contributed by atoms with E-state index in [0.717, 1.165) is 0 Å². The van der Waals surface area contributed by atoms with Crippen LogP contribution in [0.4, 0.5) is 10.2 Å². The predicted octanol–water partition coefficient (Wildman–Crippen LogP) is 1.88. The Hall–Kier alpha value is -3.84. The molecule has 1 aliphatic rings. The predicted molar refractivity (Wildman–Crippen MR) is 125 cm³/mol. The normalized spacial score (nSPS) is 14.9. The molecule has 0 saturated carbocycles. The molecule has 1 aliphatic heterocycles. The number of sulfonamides is 1. The number of benzene rings is 2. The van der Waals surface area contributed by atoms with Crippen molar-refractivity contribution >= 4 is 27.0 Å². The van der Waals surface area contributed by atoms with E-state index in [1.807, 2.05) is 4.90 Å². The molecule has 35 heavy (non-hydrogen) atoms. The van der Waals surface area contributed by atoms with Gasteiger partial charge in [-0.2, -0.15) is 8.99 Å². The molecule has 11 nitrogen and oxygen atoms in total. The molecular formula is C22H22FN7O4S. The molecule has 0 unspecified atom stereocenters. The number of piperazine rings is 1. The van der Waals surface area contributed by atoms with E-state index in [-0.39, 0.29) is 18.0 Å². The molecule has 5 rings (SSSR count). The van der Waals surface area contributed by atoms with Gasteiger partial charge >= 0.3 is 0 Å². The number of hydrogen-bond donors (Lipinski definition) is 0. The molecule has 0 amide bonds. The minimum atomic E-state index is -3.73. The molecule has 0 N–H and O–H groups in total. The van der Waals surface area contributed by atoms with Crippen LogP contribution < -0.4 is 14.4 Å². The number of halogens is 1. The Labute approximate surface area is 200 Å². The second-order valence-electron chi connectivity index (χ2n) is 7.76. The van der Waals surface area contributed by atoms with Gasteiger partial charge in [-0.05, 0) is 30.3 Å². The Balaban J connectivity index is 1.37. The maximum absolute atomic E-state index is 13.7. The molecular weight excluding hydrogens is 477 g/mol. The van der Waals surface area contributed by atoms with Gasteiger partial charge in [0.15, 0.2) is 28.5 Å². The van der Waals surface area contributed by atoms with Gasteiger partial charge in [0, 0.05) is 32.2 Å². The zero-order valence-corrected chi connectivity index (χ0v) is 19.8. The Morgan fingerprint density at radius 2 is 1.71 bits per heavy atom. The van der Waals surface area contributed by atoms with Crippen LogP contribution >= 0.6 is 0 Å². The standard InChI is InChI=1S/C22H22FN7O4S/c1-33-18-7-6-17(13-19(18)34-2)35(31,32)29-10-8-28(9-11-29)21-20-22(25-14-24-21)30(27-26-20)16-5-3-4-15(23)12-16/h3-7,12-14H,8-11H2,1-2H3. The lowest BCUT2D eigenvalue weighted by atomic mass is 10.3. The van der Waals surface area contributed by atoms with E-state index < -0.39 is 15.8 Å². The molecule has 2 aromatic carbocycles. The van der Waals surface area contributed by atoms with Crippen LogP contribution in [-0.2, 0) is 10.0 Å². The van der Waals surface area contributed by atoms with Gasteiger partial charge < -0.3 is 14.4 Å². The number of anilines is 1. The molecule has 1 saturated heterocycles. The first-order valence-corrected chi connectivity index (χ1v) is 12.2. The number of ether oxygens (including phenoxy) is 2. The van der Waals surface area contributed by atoms with Crippen molar-refractivity contribution in [1.82, 2.24) is 29.3 Å². The van der Waals surface area contributed by atoms with Crippen molar-refractivity contribution in [2.45, 2.75) is 4.90 Å². The minimum Gasteiger partial charge on any atom is -0.493 e. The van der Waals surface area contributed by atoms with E-state index in [2.05, 4.69) is 20.3 Å². The molecule has 4 aromatic rings. The maximum Gasteiger partial charge on any atom is 0.243 e. The minimum absolute atomic E-state index is 0.131. The van der Waals surface area contributed by atoms with Gasteiger partial charge in [0.25, 0.3) is 0 Å². The van der Waals surface area contributed by atoms with Gasteiger partial charge in [-0.25, -0.2) is 22.8 Å². The first kappa shape index (κ1) is 22.9. The number of hydrogen-bond acceptors (Lipinski definition) is 9. The molecule has 1 fully saturated rings. The quantitative estimate of drug-likeness (QED) is 0.392. The number of fused-ring (bicyclic) bond motifs is 1. The molecule has 0 spiro atoms. The molecule has 0 atom stereocenters. The van der Waals surface area contributed by atoms with Crippen LogP contribution in [0, 0.1) is 5.82 Å². The SMILES string of the molecule is COc1ccc(S(=O)(=O)N2CCN(c3ncnc4c3nnn4-c3cccc(F)c3)CC2)cc1OC. The third-order valence-electron chi connectivity index (χ3n) is 5.80. The molecule has 13 heteroatoms. The zero-order chi connectivity index (χ0) is 24.6. The van der Waals surface area contributed by atoms with Crippen LogP contribution in [0.15, 0.2) is 53.7 Å². The highest BCUT2D eigenvalue weighted by Gasteiger charge is 2.31. The Morgan fingerprint density at radius 3 is 2.43 bits per heavy atom. The Bertz CT molecular complexity index is 1490. The van der Waals surface area contributed by atoms with Crippen LogP contribution in [0.1, 0.15) is 0 Å². The summed E-state index contributed by atoms with van der Waals surface area (Å²) in [6.45, 7) is 1.29. The second kappa shape index (κ2) is 9.07. The summed E-state index contributed by atoms with van der Waals surface area (Å²) in [6, 6.07) is 10.5. The fraction of sp³-hybridized carbons (Fsp3) is 0.273. The van der Waals surface area contributed by atoms with Crippen LogP contribution in [0.3, 0.4) is 0 Å². The largest absolute Gasteiger partial charge is 0.493 e. The second-order valence-corrected chi connectivity index (χ2v) is 9.70. The monoisotopic (exact) mass is 499 g/mol. The highest BCUT2D eigenvalue weighted by atomic mass is 32.2. The third-order valence-corrected chi connectivity index (χ3v) is 7.70. The summed E-state index contributed by atoms with van der Waals surface area (Å²) in [5, 5.41) is 8.35. The van der Waals surface area contributed by atoms with Crippen molar-refractivity contribution in [2.75, 3.05) is 45.3 Å². The topological polar surface area (TPSA) is 116 Å². The lowest BCUT2D eigenvalue weighted by molar-refractivity contribution is 0.353. The molecule has 3 heterocycles. The molecule has 2 aromatic heterocycles. The summed E-state index contributed by atoms with van der Waals surface area (Å²) in [4.78, 5) is 10.7. The number of rotatable bonds is 6. The van der Waals surface area contributed by atoms with Crippen LogP contribution in [-0.4, -0.2) is 78.1 Å². The van der Waals surface area contributed by atoms with Gasteiger partial charge in [-0.1, -0.05) is 11.3 Å². The van der Waals surface area contributed by atoms with Gasteiger partial charge in [-0.15, -0.1) is 5.10 Å². The van der Waals surface area contributed by atoms with E-state index >= 15 is 0 Å².